The topological polar surface area (TPSA) is 99.4 Å². The van der Waals surface area contributed by atoms with E-state index < -0.39 is 14.4 Å². The molecule has 0 aliphatic rings. The van der Waals surface area contributed by atoms with Crippen molar-refractivity contribution in [3.8, 4) is 0 Å². The third-order valence-electron chi connectivity index (χ3n) is 4.24. The number of anilines is 1. The first kappa shape index (κ1) is 20.4. The Kier molecular flexibility index (Phi) is 7.16. The molecule has 1 amide bonds. The van der Waals surface area contributed by atoms with Gasteiger partial charge in [-0.05, 0) is 25.1 Å². The molecular formula is C16H30N4O3Si. The average molecular weight is 355 g/mol. The van der Waals surface area contributed by atoms with Gasteiger partial charge in [-0.25, -0.2) is 14.8 Å². The highest BCUT2D eigenvalue weighted by atomic mass is 28.4. The van der Waals surface area contributed by atoms with Gasteiger partial charge in [0.15, 0.2) is 8.32 Å². The summed E-state index contributed by atoms with van der Waals surface area (Å²) in [5.74, 6) is 1.01. The molecular weight excluding hydrogens is 324 g/mol. The van der Waals surface area contributed by atoms with Crippen LogP contribution in [0.4, 0.5) is 10.6 Å². The van der Waals surface area contributed by atoms with E-state index in [1.807, 2.05) is 0 Å². The molecule has 0 bridgehead atoms. The molecule has 0 aromatic carbocycles. The number of nitrogens with zero attached hydrogens (tertiary/aromatic N) is 2. The molecule has 1 rings (SSSR count). The highest BCUT2D eigenvalue weighted by Gasteiger charge is 2.36. The Morgan fingerprint density at radius 2 is 2.04 bits per heavy atom. The van der Waals surface area contributed by atoms with Crippen molar-refractivity contribution in [3.05, 3.63) is 17.6 Å². The highest BCUT2D eigenvalue weighted by Crippen LogP contribution is 2.36. The molecule has 136 valence electrons. The number of ether oxygens (including phenoxy) is 1. The standard InChI is InChI=1S/C16H30N4O3Si/c1-7-22-15(21)19-11-12-10-18-13(20-14(12)17)8-9-23-24(5,6)16(2,3)4/h10H,7-9,11H2,1-6H3,(H,19,21)(H2,17,18,20). The molecule has 0 saturated carbocycles. The number of carbonyl (C=O) groups is 1. The third-order valence-corrected chi connectivity index (χ3v) is 8.78. The molecule has 1 heterocycles. The van der Waals surface area contributed by atoms with Crippen molar-refractivity contribution in [2.24, 2.45) is 0 Å². The van der Waals surface area contributed by atoms with Crippen molar-refractivity contribution in [1.82, 2.24) is 15.3 Å². The fourth-order valence-corrected chi connectivity index (χ4v) is 2.72. The average Bonchev–Trinajstić information content (AvgIpc) is 2.45. The van der Waals surface area contributed by atoms with Crippen LogP contribution in [0.15, 0.2) is 6.20 Å². The Bertz CT molecular complexity index is 559. The number of aromatic nitrogens is 2. The van der Waals surface area contributed by atoms with Crippen molar-refractivity contribution < 1.29 is 14.0 Å². The monoisotopic (exact) mass is 354 g/mol. The predicted octanol–water partition coefficient (Wildman–Crippen LogP) is 2.87. The van der Waals surface area contributed by atoms with Gasteiger partial charge in [0.25, 0.3) is 0 Å². The van der Waals surface area contributed by atoms with Crippen LogP contribution in [0.5, 0.6) is 0 Å². The first-order valence-electron chi connectivity index (χ1n) is 8.21. The maximum absolute atomic E-state index is 11.3. The third kappa shape index (κ3) is 6.08. The van der Waals surface area contributed by atoms with Crippen LogP contribution >= 0.6 is 0 Å². The van der Waals surface area contributed by atoms with E-state index in [2.05, 4.69) is 49.1 Å². The molecule has 8 heteroatoms. The summed E-state index contributed by atoms with van der Waals surface area (Å²) < 4.78 is 10.9. The zero-order valence-corrected chi connectivity index (χ0v) is 16.6. The molecule has 24 heavy (non-hydrogen) atoms. The zero-order valence-electron chi connectivity index (χ0n) is 15.6. The number of hydrogen-bond donors (Lipinski definition) is 2. The van der Waals surface area contributed by atoms with Crippen molar-refractivity contribution in [1.29, 1.82) is 0 Å². The fourth-order valence-electron chi connectivity index (χ4n) is 1.68. The number of nitrogens with two attached hydrogens (primary N) is 1. The SMILES string of the molecule is CCOC(=O)NCc1cnc(CCO[Si](C)(C)C(C)(C)C)nc1N. The lowest BCUT2D eigenvalue weighted by Gasteiger charge is -2.36. The maximum Gasteiger partial charge on any atom is 0.407 e. The largest absolute Gasteiger partial charge is 0.450 e. The lowest BCUT2D eigenvalue weighted by Crippen LogP contribution is -2.41. The number of amides is 1. The van der Waals surface area contributed by atoms with Gasteiger partial charge in [-0.15, -0.1) is 0 Å². The smallest absolute Gasteiger partial charge is 0.407 e. The Morgan fingerprint density at radius 1 is 1.38 bits per heavy atom. The molecule has 0 aliphatic carbocycles. The second kappa shape index (κ2) is 8.43. The molecule has 0 fully saturated rings. The molecule has 7 nitrogen and oxygen atoms in total. The van der Waals surface area contributed by atoms with E-state index in [-0.39, 0.29) is 11.6 Å². The van der Waals surface area contributed by atoms with Gasteiger partial charge in [0.05, 0.1) is 13.2 Å². The highest BCUT2D eigenvalue weighted by molar-refractivity contribution is 6.74. The van der Waals surface area contributed by atoms with Gasteiger partial charge in [0.1, 0.15) is 11.6 Å². The second-order valence-electron chi connectivity index (χ2n) is 7.13. The molecule has 1 aromatic heterocycles. The minimum absolute atomic E-state index is 0.176. The summed E-state index contributed by atoms with van der Waals surface area (Å²) in [5.41, 5.74) is 6.60. The first-order chi connectivity index (χ1) is 11.1. The molecule has 1 aromatic rings. The normalized spacial score (nSPS) is 12.1. The van der Waals surface area contributed by atoms with Gasteiger partial charge < -0.3 is 20.2 Å². The quantitative estimate of drug-likeness (QED) is 0.730. The van der Waals surface area contributed by atoms with Crippen LogP contribution in [-0.4, -0.2) is 37.6 Å². The van der Waals surface area contributed by atoms with Crippen molar-refractivity contribution in [2.75, 3.05) is 18.9 Å². The minimum Gasteiger partial charge on any atom is -0.450 e. The number of alkyl carbamates (subject to hydrolysis) is 1. The Balaban J connectivity index is 2.54. The van der Waals surface area contributed by atoms with Gasteiger partial charge in [0.2, 0.25) is 0 Å². The summed E-state index contributed by atoms with van der Waals surface area (Å²) >= 11 is 0. The van der Waals surface area contributed by atoms with Crippen molar-refractivity contribution in [3.63, 3.8) is 0 Å². The number of nitrogens with one attached hydrogen (secondary N) is 1. The fraction of sp³-hybridized carbons (Fsp3) is 0.688. The zero-order chi connectivity index (χ0) is 18.4. The maximum atomic E-state index is 11.3. The van der Waals surface area contributed by atoms with Gasteiger partial charge in [-0.3, -0.25) is 0 Å². The van der Waals surface area contributed by atoms with Crippen LogP contribution in [0.2, 0.25) is 18.1 Å². The molecule has 0 atom stereocenters. The lowest BCUT2D eigenvalue weighted by molar-refractivity contribution is 0.151. The summed E-state index contributed by atoms with van der Waals surface area (Å²) in [6.07, 6.45) is 1.77. The molecule has 0 radical (unpaired) electrons. The van der Waals surface area contributed by atoms with E-state index in [4.69, 9.17) is 14.9 Å². The van der Waals surface area contributed by atoms with Crippen LogP contribution in [0.25, 0.3) is 0 Å². The van der Waals surface area contributed by atoms with Crippen LogP contribution in [0, 0.1) is 0 Å². The van der Waals surface area contributed by atoms with E-state index in [1.54, 1.807) is 13.1 Å². The van der Waals surface area contributed by atoms with Crippen LogP contribution in [0.3, 0.4) is 0 Å². The van der Waals surface area contributed by atoms with E-state index in [0.717, 1.165) is 0 Å². The first-order valence-corrected chi connectivity index (χ1v) is 11.1. The van der Waals surface area contributed by atoms with Crippen LogP contribution in [0.1, 0.15) is 39.1 Å². The lowest BCUT2D eigenvalue weighted by atomic mass is 10.2. The van der Waals surface area contributed by atoms with Gasteiger partial charge >= 0.3 is 6.09 Å². The van der Waals surface area contributed by atoms with Crippen molar-refractivity contribution >= 4 is 20.2 Å². The Hall–Kier alpha value is -1.67. The molecule has 0 saturated heterocycles. The van der Waals surface area contributed by atoms with Gasteiger partial charge in [0, 0.05) is 24.8 Å². The minimum atomic E-state index is -1.76. The summed E-state index contributed by atoms with van der Waals surface area (Å²) in [6, 6.07) is 0. The molecule has 3 N–H and O–H groups in total. The van der Waals surface area contributed by atoms with Gasteiger partial charge in [-0.1, -0.05) is 20.8 Å². The van der Waals surface area contributed by atoms with E-state index in [9.17, 15) is 4.79 Å². The summed E-state index contributed by atoms with van der Waals surface area (Å²) in [7, 11) is -1.76. The molecule has 0 aliphatic heterocycles. The number of nitrogen functional groups attached to an aromatic ring is 1. The van der Waals surface area contributed by atoms with E-state index >= 15 is 0 Å². The molecule has 0 spiro atoms. The number of rotatable bonds is 7. The summed E-state index contributed by atoms with van der Waals surface area (Å²) in [4.78, 5) is 19.9. The van der Waals surface area contributed by atoms with Crippen LogP contribution < -0.4 is 11.1 Å². The van der Waals surface area contributed by atoms with Crippen molar-refractivity contribution in [2.45, 2.75) is 58.8 Å². The molecule has 0 unspecified atom stereocenters. The Labute approximate surface area is 145 Å². The van der Waals surface area contributed by atoms with Gasteiger partial charge in [-0.2, -0.15) is 0 Å². The van der Waals surface area contributed by atoms with E-state index in [0.29, 0.717) is 36.8 Å². The Morgan fingerprint density at radius 3 is 2.58 bits per heavy atom. The summed E-state index contributed by atoms with van der Waals surface area (Å²) in [5, 5.41) is 2.78. The van der Waals surface area contributed by atoms with Crippen LogP contribution in [-0.2, 0) is 22.1 Å². The summed E-state index contributed by atoms with van der Waals surface area (Å²) in [6.45, 7) is 13.9. The predicted molar refractivity (Wildman–Crippen MR) is 97.2 cm³/mol. The second-order valence-corrected chi connectivity index (χ2v) is 11.9. The number of hydrogen-bond acceptors (Lipinski definition) is 6. The van der Waals surface area contributed by atoms with E-state index in [1.165, 1.54) is 0 Å². The number of carbonyl (C=O) groups excluding carboxylic acids is 1.